The lowest BCUT2D eigenvalue weighted by atomic mass is 9.67. The van der Waals surface area contributed by atoms with Crippen molar-refractivity contribution in [3.8, 4) is 0 Å². The summed E-state index contributed by atoms with van der Waals surface area (Å²) in [6.07, 6.45) is 2.98. The van der Waals surface area contributed by atoms with Crippen molar-refractivity contribution >= 4 is 0 Å². The Hall–Kier alpha value is -0.0400. The van der Waals surface area contributed by atoms with Gasteiger partial charge in [0, 0.05) is 0 Å². The first-order valence-electron chi connectivity index (χ1n) is 5.51. The average molecular weight is 186 g/mol. The van der Waals surface area contributed by atoms with Gasteiger partial charge in [0.1, 0.15) is 0 Å². The molecule has 13 heavy (non-hydrogen) atoms. The minimum atomic E-state index is -0.523. The summed E-state index contributed by atoms with van der Waals surface area (Å²) in [5, 5.41) is 10.4. The maximum atomic E-state index is 10.4. The molecule has 1 heteroatoms. The Morgan fingerprint density at radius 2 is 1.46 bits per heavy atom. The molecule has 0 bridgehead atoms. The zero-order chi connectivity index (χ0) is 10.7. The molecule has 0 radical (unpaired) electrons. The van der Waals surface area contributed by atoms with Crippen LogP contribution in [0, 0.1) is 11.3 Å². The normalized spacial score (nSPS) is 17.5. The molecule has 1 nitrogen and oxygen atoms in total. The monoisotopic (exact) mass is 186 g/mol. The zero-order valence-corrected chi connectivity index (χ0v) is 10.1. The fourth-order valence-corrected chi connectivity index (χ4v) is 2.05. The molecule has 0 heterocycles. The minimum Gasteiger partial charge on any atom is -0.390 e. The van der Waals surface area contributed by atoms with Crippen LogP contribution in [0.15, 0.2) is 0 Å². The highest BCUT2D eigenvalue weighted by atomic mass is 16.3. The molecule has 0 aliphatic heterocycles. The Balaban J connectivity index is 4.56. The predicted octanol–water partition coefficient (Wildman–Crippen LogP) is 3.61. The Bertz CT molecular complexity index is 143. The molecule has 0 saturated carbocycles. The average Bonchev–Trinajstić information content (AvgIpc) is 2.00. The third-order valence-corrected chi connectivity index (χ3v) is 3.67. The summed E-state index contributed by atoms with van der Waals surface area (Å²) in [4.78, 5) is 0. The summed E-state index contributed by atoms with van der Waals surface area (Å²) in [6.45, 7) is 12.8. The van der Waals surface area contributed by atoms with Crippen LogP contribution in [0.1, 0.15) is 60.8 Å². The second kappa shape index (κ2) is 4.45. The third kappa shape index (κ3) is 2.98. The van der Waals surface area contributed by atoms with Crippen LogP contribution in [-0.2, 0) is 0 Å². The van der Waals surface area contributed by atoms with E-state index in [0.29, 0.717) is 5.92 Å². The molecule has 1 atom stereocenters. The molecule has 0 aliphatic rings. The lowest BCUT2D eigenvalue weighted by Crippen LogP contribution is -2.44. The van der Waals surface area contributed by atoms with E-state index in [-0.39, 0.29) is 5.41 Å². The largest absolute Gasteiger partial charge is 0.390 e. The molecule has 0 amide bonds. The Morgan fingerprint density at radius 1 is 1.08 bits per heavy atom. The quantitative estimate of drug-likeness (QED) is 0.695. The first-order valence-corrected chi connectivity index (χ1v) is 5.51. The van der Waals surface area contributed by atoms with Gasteiger partial charge in [-0.15, -0.1) is 0 Å². The molecule has 0 fully saturated rings. The molecule has 0 rings (SSSR count). The minimum absolute atomic E-state index is 0.0667. The van der Waals surface area contributed by atoms with E-state index >= 15 is 0 Å². The van der Waals surface area contributed by atoms with E-state index in [9.17, 15) is 5.11 Å². The van der Waals surface area contributed by atoms with Crippen molar-refractivity contribution in [2.75, 3.05) is 0 Å². The lowest BCUT2D eigenvalue weighted by Gasteiger charge is -2.43. The van der Waals surface area contributed by atoms with Crippen LogP contribution in [0.3, 0.4) is 0 Å². The van der Waals surface area contributed by atoms with Crippen LogP contribution in [0.5, 0.6) is 0 Å². The fourth-order valence-electron chi connectivity index (χ4n) is 2.05. The third-order valence-electron chi connectivity index (χ3n) is 3.67. The van der Waals surface area contributed by atoms with Crippen molar-refractivity contribution in [1.82, 2.24) is 0 Å². The molecule has 0 aromatic heterocycles. The summed E-state index contributed by atoms with van der Waals surface area (Å²) in [5.74, 6) is 0.562. The van der Waals surface area contributed by atoms with Gasteiger partial charge in [0.25, 0.3) is 0 Å². The van der Waals surface area contributed by atoms with E-state index in [0.717, 1.165) is 19.3 Å². The molecule has 0 aliphatic carbocycles. The van der Waals surface area contributed by atoms with Crippen LogP contribution in [-0.4, -0.2) is 10.7 Å². The highest BCUT2D eigenvalue weighted by Gasteiger charge is 2.40. The number of rotatable bonds is 5. The van der Waals surface area contributed by atoms with Gasteiger partial charge in [-0.1, -0.05) is 34.6 Å². The van der Waals surface area contributed by atoms with Gasteiger partial charge < -0.3 is 5.11 Å². The van der Waals surface area contributed by atoms with Crippen molar-refractivity contribution < 1.29 is 5.11 Å². The van der Waals surface area contributed by atoms with Gasteiger partial charge in [-0.25, -0.2) is 0 Å². The molecule has 0 aromatic rings. The van der Waals surface area contributed by atoms with Crippen molar-refractivity contribution in [2.45, 2.75) is 66.4 Å². The lowest BCUT2D eigenvalue weighted by molar-refractivity contribution is -0.0796. The Kier molecular flexibility index (Phi) is 4.44. The molecule has 0 spiro atoms. The number of hydrogen-bond donors (Lipinski definition) is 1. The zero-order valence-electron chi connectivity index (χ0n) is 10.1. The Labute approximate surface area is 83.5 Å². The molecule has 0 saturated heterocycles. The smallest absolute Gasteiger partial charge is 0.0675 e. The molecule has 80 valence electrons. The second-order valence-electron chi connectivity index (χ2n) is 5.14. The van der Waals surface area contributed by atoms with Gasteiger partial charge in [-0.05, 0) is 37.5 Å². The van der Waals surface area contributed by atoms with Gasteiger partial charge >= 0.3 is 0 Å². The van der Waals surface area contributed by atoms with Gasteiger partial charge in [0.2, 0.25) is 0 Å². The molecular weight excluding hydrogens is 160 g/mol. The number of aliphatic hydroxyl groups is 1. The van der Waals surface area contributed by atoms with Crippen LogP contribution >= 0.6 is 0 Å². The maximum Gasteiger partial charge on any atom is 0.0675 e. The maximum absolute atomic E-state index is 10.4. The van der Waals surface area contributed by atoms with E-state index in [4.69, 9.17) is 0 Å². The van der Waals surface area contributed by atoms with E-state index in [1.807, 2.05) is 6.92 Å². The van der Waals surface area contributed by atoms with Crippen LogP contribution in [0.4, 0.5) is 0 Å². The highest BCUT2D eigenvalue weighted by Crippen LogP contribution is 2.41. The van der Waals surface area contributed by atoms with Gasteiger partial charge in [0.15, 0.2) is 0 Å². The Morgan fingerprint density at radius 3 is 1.69 bits per heavy atom. The highest BCUT2D eigenvalue weighted by molar-refractivity contribution is 4.91. The second-order valence-corrected chi connectivity index (χ2v) is 5.14. The summed E-state index contributed by atoms with van der Waals surface area (Å²) in [5.41, 5.74) is -0.456. The van der Waals surface area contributed by atoms with Crippen molar-refractivity contribution in [3.63, 3.8) is 0 Å². The van der Waals surface area contributed by atoms with E-state index in [2.05, 4.69) is 34.6 Å². The fraction of sp³-hybridized carbons (Fsp3) is 1.00. The first kappa shape index (κ1) is 13.0. The standard InChI is InChI=1S/C12H26O/c1-7-11(5,8-2)12(6,13)9-10(3)4/h10,13H,7-9H2,1-6H3. The van der Waals surface area contributed by atoms with Crippen LogP contribution in [0.2, 0.25) is 0 Å². The summed E-state index contributed by atoms with van der Waals surface area (Å²) in [7, 11) is 0. The van der Waals surface area contributed by atoms with Crippen LogP contribution < -0.4 is 0 Å². The van der Waals surface area contributed by atoms with Gasteiger partial charge in [0.05, 0.1) is 5.60 Å². The number of hydrogen-bond acceptors (Lipinski definition) is 1. The molecule has 0 aromatic carbocycles. The van der Waals surface area contributed by atoms with Crippen molar-refractivity contribution in [2.24, 2.45) is 11.3 Å². The summed E-state index contributed by atoms with van der Waals surface area (Å²) in [6, 6.07) is 0. The predicted molar refractivity (Wildman–Crippen MR) is 58.8 cm³/mol. The van der Waals surface area contributed by atoms with Crippen molar-refractivity contribution in [3.05, 3.63) is 0 Å². The van der Waals surface area contributed by atoms with Crippen LogP contribution in [0.25, 0.3) is 0 Å². The van der Waals surface area contributed by atoms with Gasteiger partial charge in [-0.2, -0.15) is 0 Å². The first-order chi connectivity index (χ1) is 5.79. The molecular formula is C12H26O. The molecule has 1 N–H and O–H groups in total. The molecule has 1 unspecified atom stereocenters. The summed E-state index contributed by atoms with van der Waals surface area (Å²) < 4.78 is 0. The topological polar surface area (TPSA) is 20.2 Å². The van der Waals surface area contributed by atoms with Crippen molar-refractivity contribution in [1.29, 1.82) is 0 Å². The van der Waals surface area contributed by atoms with Gasteiger partial charge in [-0.3, -0.25) is 0 Å². The van der Waals surface area contributed by atoms with E-state index in [1.54, 1.807) is 0 Å². The van der Waals surface area contributed by atoms with E-state index < -0.39 is 5.60 Å². The summed E-state index contributed by atoms with van der Waals surface area (Å²) >= 11 is 0. The SMILES string of the molecule is CCC(C)(CC)C(C)(O)CC(C)C. The van der Waals surface area contributed by atoms with E-state index in [1.165, 1.54) is 0 Å².